The quantitative estimate of drug-likeness (QED) is 0.783. The minimum Gasteiger partial charge on any atom is -0.489 e. The van der Waals surface area contributed by atoms with Crippen molar-refractivity contribution in [3.05, 3.63) is 41.4 Å². The average molecular weight is 320 g/mol. The van der Waals surface area contributed by atoms with Crippen molar-refractivity contribution in [1.82, 2.24) is 4.90 Å². The molecule has 0 radical (unpaired) electrons. The van der Waals surface area contributed by atoms with Gasteiger partial charge in [-0.05, 0) is 30.9 Å². The summed E-state index contributed by atoms with van der Waals surface area (Å²) in [5.41, 5.74) is 0. The van der Waals surface area contributed by atoms with E-state index < -0.39 is 0 Å². The van der Waals surface area contributed by atoms with Gasteiger partial charge in [0.2, 0.25) is 5.91 Å². The Morgan fingerprint density at radius 2 is 2.00 bits per heavy atom. The highest BCUT2D eigenvalue weighted by atomic mass is 35.5. The summed E-state index contributed by atoms with van der Waals surface area (Å²) in [6, 6.07) is 7.56. The Morgan fingerprint density at radius 3 is 2.68 bits per heavy atom. The van der Waals surface area contributed by atoms with E-state index >= 15 is 0 Å². The number of amides is 1. The SMILES string of the molecule is O=C(C[C@@H]1C=CCC1)N1CCC(Oc2ccccc2Cl)CC1. The molecule has 3 nitrogen and oxygen atoms in total. The van der Waals surface area contributed by atoms with Crippen molar-refractivity contribution in [3.63, 3.8) is 0 Å². The molecule has 1 aromatic rings. The minimum atomic E-state index is 0.148. The molecule has 1 aliphatic heterocycles. The summed E-state index contributed by atoms with van der Waals surface area (Å²) in [6.07, 6.45) is 9.16. The highest BCUT2D eigenvalue weighted by Crippen LogP contribution is 2.27. The lowest BCUT2D eigenvalue weighted by Crippen LogP contribution is -2.42. The third-order valence-corrected chi connectivity index (χ3v) is 4.79. The third-order valence-electron chi connectivity index (χ3n) is 4.47. The van der Waals surface area contributed by atoms with E-state index in [1.165, 1.54) is 0 Å². The van der Waals surface area contributed by atoms with Gasteiger partial charge in [-0.25, -0.2) is 0 Å². The number of hydrogen-bond acceptors (Lipinski definition) is 2. The van der Waals surface area contributed by atoms with Gasteiger partial charge in [-0.2, -0.15) is 0 Å². The van der Waals surface area contributed by atoms with Gasteiger partial charge in [0.15, 0.2) is 0 Å². The molecule has 0 spiro atoms. The summed E-state index contributed by atoms with van der Waals surface area (Å²) in [4.78, 5) is 14.3. The smallest absolute Gasteiger partial charge is 0.223 e. The minimum absolute atomic E-state index is 0.148. The molecule has 4 heteroatoms. The van der Waals surface area contributed by atoms with Gasteiger partial charge in [0.25, 0.3) is 0 Å². The number of halogens is 1. The number of carbonyl (C=O) groups is 1. The molecule has 1 fully saturated rings. The normalized spacial score (nSPS) is 22.0. The summed E-state index contributed by atoms with van der Waals surface area (Å²) >= 11 is 6.12. The van der Waals surface area contributed by atoms with Crippen LogP contribution >= 0.6 is 11.6 Å². The molecule has 1 saturated heterocycles. The maximum Gasteiger partial charge on any atom is 0.223 e. The lowest BCUT2D eigenvalue weighted by molar-refractivity contribution is -0.133. The number of allylic oxidation sites excluding steroid dienone is 2. The van der Waals surface area contributed by atoms with E-state index in [9.17, 15) is 4.79 Å². The van der Waals surface area contributed by atoms with Crippen LogP contribution in [-0.4, -0.2) is 30.0 Å². The largest absolute Gasteiger partial charge is 0.489 e. The summed E-state index contributed by atoms with van der Waals surface area (Å²) in [5, 5.41) is 0.647. The van der Waals surface area contributed by atoms with Gasteiger partial charge in [0.1, 0.15) is 11.9 Å². The number of benzene rings is 1. The maximum absolute atomic E-state index is 12.3. The lowest BCUT2D eigenvalue weighted by atomic mass is 10.0. The van der Waals surface area contributed by atoms with Crippen molar-refractivity contribution < 1.29 is 9.53 Å². The zero-order chi connectivity index (χ0) is 15.4. The first kappa shape index (κ1) is 15.4. The second-order valence-electron chi connectivity index (χ2n) is 6.10. The third kappa shape index (κ3) is 3.83. The molecule has 1 aromatic carbocycles. The van der Waals surface area contributed by atoms with Crippen molar-refractivity contribution in [2.24, 2.45) is 5.92 Å². The molecular formula is C18H22ClNO2. The predicted molar refractivity (Wildman–Crippen MR) is 88.2 cm³/mol. The van der Waals surface area contributed by atoms with Gasteiger partial charge in [0, 0.05) is 32.4 Å². The zero-order valence-corrected chi connectivity index (χ0v) is 13.5. The summed E-state index contributed by atoms with van der Waals surface area (Å²) in [6.45, 7) is 1.56. The highest BCUT2D eigenvalue weighted by Gasteiger charge is 2.25. The molecule has 22 heavy (non-hydrogen) atoms. The molecule has 0 unspecified atom stereocenters. The van der Waals surface area contributed by atoms with E-state index in [1.807, 2.05) is 29.2 Å². The van der Waals surface area contributed by atoms with Crippen LogP contribution in [0.15, 0.2) is 36.4 Å². The highest BCUT2D eigenvalue weighted by molar-refractivity contribution is 6.32. The van der Waals surface area contributed by atoms with Crippen LogP contribution in [0.4, 0.5) is 0 Å². The van der Waals surface area contributed by atoms with Crippen LogP contribution in [0.5, 0.6) is 5.75 Å². The number of nitrogens with zero attached hydrogens (tertiary/aromatic N) is 1. The number of likely N-dealkylation sites (tertiary alicyclic amines) is 1. The molecular weight excluding hydrogens is 298 g/mol. The number of para-hydroxylation sites is 1. The second-order valence-corrected chi connectivity index (χ2v) is 6.51. The van der Waals surface area contributed by atoms with Crippen LogP contribution in [0.1, 0.15) is 32.1 Å². The van der Waals surface area contributed by atoms with E-state index in [-0.39, 0.29) is 12.0 Å². The van der Waals surface area contributed by atoms with E-state index in [0.29, 0.717) is 17.4 Å². The van der Waals surface area contributed by atoms with Gasteiger partial charge in [0.05, 0.1) is 5.02 Å². The fraction of sp³-hybridized carbons (Fsp3) is 0.500. The monoisotopic (exact) mass is 319 g/mol. The van der Waals surface area contributed by atoms with Crippen LogP contribution < -0.4 is 4.74 Å². The molecule has 1 heterocycles. The van der Waals surface area contributed by atoms with E-state index in [2.05, 4.69) is 12.2 Å². The Bertz CT molecular complexity index is 550. The average Bonchev–Trinajstić information content (AvgIpc) is 3.03. The molecule has 1 amide bonds. The van der Waals surface area contributed by atoms with Crippen molar-refractivity contribution in [2.45, 2.75) is 38.2 Å². The maximum atomic E-state index is 12.3. The Hall–Kier alpha value is -1.48. The summed E-state index contributed by atoms with van der Waals surface area (Å²) < 4.78 is 5.97. The van der Waals surface area contributed by atoms with Crippen LogP contribution in [0.3, 0.4) is 0 Å². The molecule has 0 N–H and O–H groups in total. The van der Waals surface area contributed by atoms with Gasteiger partial charge < -0.3 is 9.64 Å². The first-order chi connectivity index (χ1) is 10.7. The van der Waals surface area contributed by atoms with Crippen LogP contribution in [0, 0.1) is 5.92 Å². The van der Waals surface area contributed by atoms with Crippen LogP contribution in [0.25, 0.3) is 0 Å². The number of piperidine rings is 1. The van der Waals surface area contributed by atoms with Crippen molar-refractivity contribution in [1.29, 1.82) is 0 Å². The molecule has 2 aliphatic rings. The number of ether oxygens (including phenoxy) is 1. The number of carbonyl (C=O) groups excluding carboxylic acids is 1. The van der Waals surface area contributed by atoms with E-state index in [4.69, 9.17) is 16.3 Å². The number of hydrogen-bond donors (Lipinski definition) is 0. The molecule has 0 aromatic heterocycles. The Morgan fingerprint density at radius 1 is 1.23 bits per heavy atom. The molecule has 1 aliphatic carbocycles. The first-order valence-corrected chi connectivity index (χ1v) is 8.46. The second kappa shape index (κ2) is 7.19. The van der Waals surface area contributed by atoms with E-state index in [1.54, 1.807) is 0 Å². The first-order valence-electron chi connectivity index (χ1n) is 8.08. The molecule has 0 saturated carbocycles. The topological polar surface area (TPSA) is 29.5 Å². The Labute approximate surface area is 136 Å². The Kier molecular flexibility index (Phi) is 5.04. The summed E-state index contributed by atoms with van der Waals surface area (Å²) in [7, 11) is 0. The molecule has 1 atom stereocenters. The van der Waals surface area contributed by atoms with Gasteiger partial charge >= 0.3 is 0 Å². The van der Waals surface area contributed by atoms with Crippen molar-refractivity contribution in [3.8, 4) is 5.75 Å². The lowest BCUT2D eigenvalue weighted by Gasteiger charge is -2.33. The van der Waals surface area contributed by atoms with Crippen LogP contribution in [0.2, 0.25) is 5.02 Å². The van der Waals surface area contributed by atoms with Crippen molar-refractivity contribution in [2.75, 3.05) is 13.1 Å². The fourth-order valence-corrected chi connectivity index (χ4v) is 3.34. The van der Waals surface area contributed by atoms with Crippen LogP contribution in [-0.2, 0) is 4.79 Å². The molecule has 3 rings (SSSR count). The number of rotatable bonds is 4. The molecule has 0 bridgehead atoms. The molecule has 118 valence electrons. The standard InChI is InChI=1S/C18H22ClNO2/c19-16-7-3-4-8-17(16)22-15-9-11-20(12-10-15)18(21)13-14-5-1-2-6-14/h1,3-5,7-8,14-15H,2,6,9-13H2/t14-/m1/s1. The fourth-order valence-electron chi connectivity index (χ4n) is 3.16. The van der Waals surface area contributed by atoms with Crippen molar-refractivity contribution >= 4 is 17.5 Å². The van der Waals surface area contributed by atoms with Gasteiger partial charge in [-0.15, -0.1) is 0 Å². The van der Waals surface area contributed by atoms with Gasteiger partial charge in [-0.1, -0.05) is 35.9 Å². The van der Waals surface area contributed by atoms with E-state index in [0.717, 1.165) is 44.5 Å². The predicted octanol–water partition coefficient (Wildman–Crippen LogP) is 4.07. The summed E-state index contributed by atoms with van der Waals surface area (Å²) in [5.74, 6) is 1.47. The van der Waals surface area contributed by atoms with Gasteiger partial charge in [-0.3, -0.25) is 4.79 Å². The zero-order valence-electron chi connectivity index (χ0n) is 12.7. The Balaban J connectivity index is 1.47.